The molecule has 1 aliphatic carbocycles. The average molecular weight is 414 g/mol. The lowest BCUT2D eigenvalue weighted by atomic mass is 9.89. The molecule has 1 saturated heterocycles. The van der Waals surface area contributed by atoms with Crippen molar-refractivity contribution in [1.82, 2.24) is 35.8 Å². The number of hydrogen-bond donors (Lipinski definition) is 3. The van der Waals surface area contributed by atoms with Gasteiger partial charge in [-0.1, -0.05) is 24.5 Å². The molecule has 1 aliphatic heterocycles. The van der Waals surface area contributed by atoms with Crippen LogP contribution in [0.2, 0.25) is 0 Å². The highest BCUT2D eigenvalue weighted by Crippen LogP contribution is 2.23. The van der Waals surface area contributed by atoms with Gasteiger partial charge in [-0.15, -0.1) is 17.5 Å². The van der Waals surface area contributed by atoms with Crippen LogP contribution in [0.15, 0.2) is 6.20 Å². The van der Waals surface area contributed by atoms with E-state index in [0.717, 1.165) is 12.2 Å². The average Bonchev–Trinajstić information content (AvgIpc) is 3.35. The van der Waals surface area contributed by atoms with Crippen LogP contribution in [0.1, 0.15) is 50.3 Å². The van der Waals surface area contributed by atoms with Crippen molar-refractivity contribution in [2.45, 2.75) is 57.2 Å². The predicted octanol–water partition coefficient (Wildman–Crippen LogP) is 1.07. The van der Waals surface area contributed by atoms with E-state index >= 15 is 0 Å². The monoisotopic (exact) mass is 413 g/mol. The summed E-state index contributed by atoms with van der Waals surface area (Å²) >= 11 is 0. The molecule has 28 heavy (non-hydrogen) atoms. The summed E-state index contributed by atoms with van der Waals surface area (Å²) in [6.45, 7) is 1.85. The highest BCUT2D eigenvalue weighted by atomic mass is 35.5. The van der Waals surface area contributed by atoms with Crippen molar-refractivity contribution in [2.75, 3.05) is 27.2 Å². The highest BCUT2D eigenvalue weighted by Gasteiger charge is 2.30. The minimum atomic E-state index is -0.194. The molecule has 1 saturated carbocycles. The van der Waals surface area contributed by atoms with E-state index in [4.69, 9.17) is 0 Å². The zero-order valence-corrected chi connectivity index (χ0v) is 17.5. The van der Waals surface area contributed by atoms with E-state index in [1.807, 2.05) is 6.20 Å². The highest BCUT2D eigenvalue weighted by molar-refractivity contribution is 5.85. The molecule has 1 aromatic heterocycles. The topological polar surface area (TPSA) is 104 Å². The van der Waals surface area contributed by atoms with Crippen molar-refractivity contribution in [3.8, 4) is 0 Å². The Hall–Kier alpha value is -1.87. The number of carbonyl (C=O) groups excluding carboxylic acids is 2. The molecule has 0 unspecified atom stereocenters. The van der Waals surface area contributed by atoms with Crippen LogP contribution < -0.4 is 16.0 Å². The van der Waals surface area contributed by atoms with Gasteiger partial charge >= 0.3 is 6.03 Å². The Bertz CT molecular complexity index is 648. The lowest BCUT2D eigenvalue weighted by molar-refractivity contribution is -0.122. The van der Waals surface area contributed by atoms with Gasteiger partial charge in [0.25, 0.3) is 0 Å². The third-order valence-electron chi connectivity index (χ3n) is 5.61. The van der Waals surface area contributed by atoms with Crippen LogP contribution in [-0.4, -0.2) is 65.1 Å². The number of nitrogens with zero attached hydrogens (tertiary/aromatic N) is 4. The summed E-state index contributed by atoms with van der Waals surface area (Å²) < 4.78 is 1.79. The normalized spacial score (nSPS) is 22.4. The molecule has 9 nitrogen and oxygen atoms in total. The number of halogens is 1. The molecule has 2 fully saturated rings. The van der Waals surface area contributed by atoms with Crippen molar-refractivity contribution in [3.05, 3.63) is 11.9 Å². The lowest BCUT2D eigenvalue weighted by Crippen LogP contribution is -2.39. The SMILES string of the molecule is CNC(=O)[C@@H]1C[C@@H](n2cc(CN(C)C(=O)NCC3CCCCC3)nn2)CN1.Cl. The van der Waals surface area contributed by atoms with E-state index in [1.54, 1.807) is 23.7 Å². The van der Waals surface area contributed by atoms with Crippen LogP contribution in [-0.2, 0) is 11.3 Å². The standard InChI is InChI=1S/C18H31N7O2.ClH/c1-19-17(26)16-8-15(10-20-16)25-12-14(22-23-25)11-24(2)18(27)21-9-13-6-4-3-5-7-13;/h12-13,15-16,20H,3-11H2,1-2H3,(H,19,26)(H,21,27);1H/t15-,16+;/m1./s1. The summed E-state index contributed by atoms with van der Waals surface area (Å²) in [6.07, 6.45) is 8.84. The molecule has 0 radical (unpaired) electrons. The molecule has 2 aliphatic rings. The summed E-state index contributed by atoms with van der Waals surface area (Å²) in [4.78, 5) is 25.7. The lowest BCUT2D eigenvalue weighted by Gasteiger charge is -2.23. The molecular weight excluding hydrogens is 382 g/mol. The fraction of sp³-hybridized carbons (Fsp3) is 0.778. The molecule has 10 heteroatoms. The quantitative estimate of drug-likeness (QED) is 0.647. The molecule has 3 rings (SSSR count). The van der Waals surface area contributed by atoms with Gasteiger partial charge in [0.05, 0.1) is 24.8 Å². The first-order valence-corrected chi connectivity index (χ1v) is 9.91. The van der Waals surface area contributed by atoms with Gasteiger partial charge in [-0.2, -0.15) is 0 Å². The Labute approximate surface area is 172 Å². The van der Waals surface area contributed by atoms with Gasteiger partial charge in [-0.05, 0) is 25.2 Å². The van der Waals surface area contributed by atoms with Crippen molar-refractivity contribution in [3.63, 3.8) is 0 Å². The number of carbonyl (C=O) groups is 2. The van der Waals surface area contributed by atoms with Crippen molar-refractivity contribution in [1.29, 1.82) is 0 Å². The molecule has 0 spiro atoms. The first kappa shape index (κ1) is 22.4. The number of urea groups is 1. The van der Waals surface area contributed by atoms with Crippen molar-refractivity contribution >= 4 is 24.3 Å². The second-order valence-corrected chi connectivity index (χ2v) is 7.70. The third kappa shape index (κ3) is 5.81. The third-order valence-corrected chi connectivity index (χ3v) is 5.61. The molecule has 158 valence electrons. The summed E-state index contributed by atoms with van der Waals surface area (Å²) in [6, 6.07) is -0.169. The first-order chi connectivity index (χ1) is 13.1. The summed E-state index contributed by atoms with van der Waals surface area (Å²) in [7, 11) is 3.41. The second-order valence-electron chi connectivity index (χ2n) is 7.70. The number of likely N-dealkylation sites (N-methyl/N-ethyl adjacent to an activating group) is 1. The number of hydrogen-bond acceptors (Lipinski definition) is 5. The van der Waals surface area contributed by atoms with Crippen molar-refractivity contribution < 1.29 is 9.59 Å². The van der Waals surface area contributed by atoms with Gasteiger partial charge in [0.1, 0.15) is 5.69 Å². The van der Waals surface area contributed by atoms with Crippen molar-refractivity contribution in [2.24, 2.45) is 5.92 Å². The Morgan fingerprint density at radius 1 is 1.32 bits per heavy atom. The fourth-order valence-electron chi connectivity index (χ4n) is 3.93. The summed E-state index contributed by atoms with van der Waals surface area (Å²) in [5, 5.41) is 17.3. The Morgan fingerprint density at radius 2 is 2.07 bits per heavy atom. The molecule has 2 atom stereocenters. The van der Waals surface area contributed by atoms with E-state index < -0.39 is 0 Å². The Balaban J connectivity index is 0.00000280. The van der Waals surface area contributed by atoms with Crippen LogP contribution in [0.5, 0.6) is 0 Å². The maximum absolute atomic E-state index is 12.3. The van der Waals surface area contributed by atoms with E-state index in [0.29, 0.717) is 25.4 Å². The molecule has 0 bridgehead atoms. The molecular formula is C18H32ClN7O2. The van der Waals surface area contributed by atoms with Gasteiger partial charge in [-0.25, -0.2) is 9.48 Å². The van der Waals surface area contributed by atoms with Crippen LogP contribution in [0.4, 0.5) is 4.79 Å². The second kappa shape index (κ2) is 10.6. The van der Waals surface area contributed by atoms with Gasteiger partial charge in [-0.3, -0.25) is 4.79 Å². The van der Waals surface area contributed by atoms with Crippen LogP contribution in [0, 0.1) is 5.92 Å². The number of aromatic nitrogens is 3. The van der Waals surface area contributed by atoms with Gasteiger partial charge < -0.3 is 20.9 Å². The molecule has 0 aromatic carbocycles. The largest absolute Gasteiger partial charge is 0.358 e. The maximum atomic E-state index is 12.3. The predicted molar refractivity (Wildman–Crippen MR) is 108 cm³/mol. The van der Waals surface area contributed by atoms with Crippen LogP contribution >= 0.6 is 12.4 Å². The zero-order valence-electron chi connectivity index (χ0n) is 16.7. The van der Waals surface area contributed by atoms with Crippen LogP contribution in [0.3, 0.4) is 0 Å². The minimum Gasteiger partial charge on any atom is -0.358 e. The molecule has 2 heterocycles. The summed E-state index contributed by atoms with van der Waals surface area (Å²) in [5.41, 5.74) is 0.744. The minimum absolute atomic E-state index is 0. The zero-order chi connectivity index (χ0) is 19.2. The Kier molecular flexibility index (Phi) is 8.50. The molecule has 3 amide bonds. The van der Waals surface area contributed by atoms with E-state index in [1.165, 1.54) is 32.1 Å². The van der Waals surface area contributed by atoms with Gasteiger partial charge in [0.15, 0.2) is 0 Å². The van der Waals surface area contributed by atoms with E-state index in [2.05, 4.69) is 26.3 Å². The number of nitrogens with one attached hydrogen (secondary N) is 3. The van der Waals surface area contributed by atoms with E-state index in [9.17, 15) is 9.59 Å². The first-order valence-electron chi connectivity index (χ1n) is 9.91. The number of amides is 3. The van der Waals surface area contributed by atoms with Gasteiger partial charge in [0.2, 0.25) is 5.91 Å². The number of rotatable bonds is 6. The Morgan fingerprint density at radius 3 is 2.79 bits per heavy atom. The van der Waals surface area contributed by atoms with Crippen LogP contribution in [0.25, 0.3) is 0 Å². The smallest absolute Gasteiger partial charge is 0.317 e. The fourth-order valence-corrected chi connectivity index (χ4v) is 3.93. The maximum Gasteiger partial charge on any atom is 0.317 e. The summed E-state index contributed by atoms with van der Waals surface area (Å²) in [5.74, 6) is 0.604. The molecule has 1 aromatic rings. The van der Waals surface area contributed by atoms with Gasteiger partial charge in [0, 0.05) is 27.2 Å². The molecule has 3 N–H and O–H groups in total. The van der Waals surface area contributed by atoms with E-state index in [-0.39, 0.29) is 36.4 Å².